The third-order valence-corrected chi connectivity index (χ3v) is 3.24. The number of halogens is 1. The third-order valence-electron chi connectivity index (χ3n) is 3.24. The summed E-state index contributed by atoms with van der Waals surface area (Å²) in [5.41, 5.74) is -1.66. The highest BCUT2D eigenvalue weighted by atomic mass is 19.1. The number of methoxy groups -OCH3 is 1. The second-order valence-corrected chi connectivity index (χ2v) is 4.68. The van der Waals surface area contributed by atoms with Crippen LogP contribution >= 0.6 is 0 Å². The zero-order valence-corrected chi connectivity index (χ0v) is 11.2. The molecular weight excluding hydrogens is 265 g/mol. The molecule has 0 N–H and O–H groups in total. The summed E-state index contributed by atoms with van der Waals surface area (Å²) in [4.78, 5) is 14.1. The van der Waals surface area contributed by atoms with Crippen molar-refractivity contribution >= 4 is 5.95 Å². The van der Waals surface area contributed by atoms with Gasteiger partial charge >= 0.3 is 0 Å². The molecule has 1 aliphatic rings. The molecule has 1 saturated heterocycles. The normalized spacial score (nSPS) is 22.2. The van der Waals surface area contributed by atoms with Crippen molar-refractivity contribution in [3.05, 3.63) is 24.0 Å². The molecule has 1 atom stereocenters. The van der Waals surface area contributed by atoms with E-state index in [0.717, 1.165) is 0 Å². The Morgan fingerprint density at radius 3 is 3.00 bits per heavy atom. The van der Waals surface area contributed by atoms with Crippen LogP contribution in [0.1, 0.15) is 18.1 Å². The lowest BCUT2D eigenvalue weighted by Crippen LogP contribution is -2.28. The fraction of sp³-hybridized carbons (Fsp3) is 0.500. The van der Waals surface area contributed by atoms with Gasteiger partial charge in [-0.15, -0.1) is 0 Å². The molecule has 0 aliphatic carbocycles. The van der Waals surface area contributed by atoms with E-state index in [1.54, 1.807) is 24.1 Å². The molecule has 0 aromatic carbocycles. The Hall–Kier alpha value is -2.25. The average molecular weight is 279 g/mol. The monoisotopic (exact) mass is 279 g/mol. The van der Waals surface area contributed by atoms with Gasteiger partial charge in [0.1, 0.15) is 0 Å². The predicted octanol–water partition coefficient (Wildman–Crippen LogP) is 1.25. The molecule has 3 heterocycles. The van der Waals surface area contributed by atoms with Crippen molar-refractivity contribution in [1.29, 1.82) is 0 Å². The number of aryl methyl sites for hydroxylation is 1. The van der Waals surface area contributed by atoms with E-state index < -0.39 is 5.67 Å². The number of aromatic nitrogens is 4. The highest BCUT2D eigenvalue weighted by Crippen LogP contribution is 2.36. The largest absolute Gasteiger partial charge is 0.481 e. The zero-order chi connectivity index (χ0) is 14.2. The minimum absolute atomic E-state index is 0.0143. The maximum Gasteiger partial charge on any atom is 0.266 e. The fourth-order valence-electron chi connectivity index (χ4n) is 2.20. The number of alkyl halides is 1. The summed E-state index contributed by atoms with van der Waals surface area (Å²) < 4.78 is 24.8. The molecular formula is C12H14FN5O2. The third kappa shape index (κ3) is 2.17. The first-order valence-electron chi connectivity index (χ1n) is 6.22. The summed E-state index contributed by atoms with van der Waals surface area (Å²) in [5.74, 6) is 1.31. The molecule has 1 fully saturated rings. The molecule has 0 radical (unpaired) electrons. The first-order chi connectivity index (χ1) is 9.60. The molecule has 20 heavy (non-hydrogen) atoms. The molecule has 3 rings (SSSR count). The second kappa shape index (κ2) is 4.69. The maximum atomic E-state index is 14.9. The molecule has 2 aromatic heterocycles. The van der Waals surface area contributed by atoms with Crippen molar-refractivity contribution in [2.24, 2.45) is 0 Å². The van der Waals surface area contributed by atoms with Crippen LogP contribution in [0.3, 0.4) is 0 Å². The summed E-state index contributed by atoms with van der Waals surface area (Å²) in [6.07, 6.45) is 1.84. The molecule has 0 spiro atoms. The van der Waals surface area contributed by atoms with E-state index in [0.29, 0.717) is 24.2 Å². The van der Waals surface area contributed by atoms with Crippen molar-refractivity contribution in [3.8, 4) is 5.88 Å². The molecule has 0 amide bonds. The summed E-state index contributed by atoms with van der Waals surface area (Å²) >= 11 is 0. The number of hydrogen-bond donors (Lipinski definition) is 0. The molecule has 1 aliphatic heterocycles. The van der Waals surface area contributed by atoms with Gasteiger partial charge in [0, 0.05) is 25.2 Å². The van der Waals surface area contributed by atoms with Gasteiger partial charge in [0.25, 0.3) is 5.89 Å². The minimum Gasteiger partial charge on any atom is -0.481 e. The topological polar surface area (TPSA) is 77.2 Å². The van der Waals surface area contributed by atoms with Gasteiger partial charge in [-0.05, 0) is 6.92 Å². The van der Waals surface area contributed by atoms with Crippen molar-refractivity contribution in [2.75, 3.05) is 25.1 Å². The van der Waals surface area contributed by atoms with Crippen molar-refractivity contribution in [2.45, 2.75) is 19.0 Å². The Bertz CT molecular complexity index is 619. The predicted molar refractivity (Wildman–Crippen MR) is 67.2 cm³/mol. The van der Waals surface area contributed by atoms with Gasteiger partial charge in [0.15, 0.2) is 5.82 Å². The van der Waals surface area contributed by atoms with Gasteiger partial charge in [-0.2, -0.15) is 9.97 Å². The Balaban J connectivity index is 1.82. The van der Waals surface area contributed by atoms with E-state index in [4.69, 9.17) is 9.26 Å². The average Bonchev–Trinajstić information content (AvgIpc) is 3.06. The quantitative estimate of drug-likeness (QED) is 0.836. The van der Waals surface area contributed by atoms with Gasteiger partial charge in [-0.1, -0.05) is 5.16 Å². The zero-order valence-electron chi connectivity index (χ0n) is 11.2. The molecule has 0 bridgehead atoms. The van der Waals surface area contributed by atoms with E-state index in [1.807, 2.05) is 0 Å². The number of ether oxygens (including phenoxy) is 1. The van der Waals surface area contributed by atoms with Crippen LogP contribution in [0.5, 0.6) is 5.88 Å². The molecule has 8 heteroatoms. The Morgan fingerprint density at radius 1 is 1.45 bits per heavy atom. The van der Waals surface area contributed by atoms with E-state index in [9.17, 15) is 4.39 Å². The lowest BCUT2D eigenvalue weighted by atomic mass is 10.1. The second-order valence-electron chi connectivity index (χ2n) is 4.68. The first-order valence-corrected chi connectivity index (χ1v) is 6.22. The van der Waals surface area contributed by atoms with Gasteiger partial charge in [-0.25, -0.2) is 9.37 Å². The summed E-state index contributed by atoms with van der Waals surface area (Å²) in [5, 5.41) is 3.64. The van der Waals surface area contributed by atoms with E-state index in [1.165, 1.54) is 7.11 Å². The Labute approximate surface area is 114 Å². The first kappa shape index (κ1) is 12.8. The van der Waals surface area contributed by atoms with Gasteiger partial charge in [0.05, 0.1) is 13.7 Å². The molecule has 106 valence electrons. The summed E-state index contributed by atoms with van der Waals surface area (Å²) in [6.45, 7) is 2.22. The Kier molecular flexibility index (Phi) is 3.00. The number of nitrogens with zero attached hydrogens (tertiary/aromatic N) is 5. The van der Waals surface area contributed by atoms with Crippen LogP contribution in [0.4, 0.5) is 10.3 Å². The van der Waals surface area contributed by atoms with Crippen LogP contribution in [0.25, 0.3) is 0 Å². The van der Waals surface area contributed by atoms with Crippen LogP contribution < -0.4 is 9.64 Å². The fourth-order valence-corrected chi connectivity index (χ4v) is 2.20. The summed E-state index contributed by atoms with van der Waals surface area (Å²) in [6, 6.07) is 1.64. The molecule has 0 saturated carbocycles. The molecule has 1 unspecified atom stereocenters. The van der Waals surface area contributed by atoms with Crippen molar-refractivity contribution in [3.63, 3.8) is 0 Å². The number of anilines is 1. The van der Waals surface area contributed by atoms with Crippen molar-refractivity contribution < 1.29 is 13.7 Å². The van der Waals surface area contributed by atoms with Gasteiger partial charge in [0.2, 0.25) is 17.5 Å². The highest BCUT2D eigenvalue weighted by Gasteiger charge is 2.45. The van der Waals surface area contributed by atoms with Crippen LogP contribution in [0.2, 0.25) is 0 Å². The van der Waals surface area contributed by atoms with E-state index in [2.05, 4.69) is 20.1 Å². The molecule has 2 aromatic rings. The van der Waals surface area contributed by atoms with Crippen LogP contribution in [-0.2, 0) is 5.67 Å². The van der Waals surface area contributed by atoms with Crippen molar-refractivity contribution in [1.82, 2.24) is 20.1 Å². The smallest absolute Gasteiger partial charge is 0.266 e. The highest BCUT2D eigenvalue weighted by molar-refractivity contribution is 5.35. The Morgan fingerprint density at radius 2 is 2.30 bits per heavy atom. The van der Waals surface area contributed by atoms with Crippen LogP contribution in [0.15, 0.2) is 16.8 Å². The maximum absolute atomic E-state index is 14.9. The van der Waals surface area contributed by atoms with Gasteiger partial charge in [-0.3, -0.25) is 0 Å². The summed E-state index contributed by atoms with van der Waals surface area (Å²) in [7, 11) is 1.52. The number of rotatable bonds is 3. The van der Waals surface area contributed by atoms with Gasteiger partial charge < -0.3 is 14.2 Å². The lowest BCUT2D eigenvalue weighted by molar-refractivity contribution is 0.135. The SMILES string of the molecule is COc1ccnc(N2CCC(F)(c3nc(C)no3)C2)n1. The van der Waals surface area contributed by atoms with Crippen LogP contribution in [-0.4, -0.2) is 40.3 Å². The number of hydrogen-bond acceptors (Lipinski definition) is 7. The van der Waals surface area contributed by atoms with E-state index in [-0.39, 0.29) is 18.9 Å². The van der Waals surface area contributed by atoms with E-state index >= 15 is 0 Å². The lowest BCUT2D eigenvalue weighted by Gasteiger charge is -2.17. The minimum atomic E-state index is -1.66. The standard InChI is InChI=1S/C12H14FN5O2/c1-8-15-10(20-17-8)12(13)4-6-18(7-12)11-14-5-3-9(16-11)19-2/h3,5H,4,6-7H2,1-2H3. The van der Waals surface area contributed by atoms with Crippen LogP contribution in [0, 0.1) is 6.92 Å². The molecule has 7 nitrogen and oxygen atoms in total.